The molecule has 0 aromatic heterocycles. The molecule has 0 saturated heterocycles. The minimum absolute atomic E-state index is 0.0355. The number of anilines is 1. The summed E-state index contributed by atoms with van der Waals surface area (Å²) in [5.74, 6) is -0.358. The molecule has 0 aliphatic carbocycles. The van der Waals surface area contributed by atoms with Gasteiger partial charge >= 0.3 is 6.03 Å². The molecule has 2 aromatic rings. The number of amides is 3. The Labute approximate surface area is 158 Å². The first kappa shape index (κ1) is 20.2. The molecule has 0 aliphatic heterocycles. The summed E-state index contributed by atoms with van der Waals surface area (Å²) in [5, 5.41) is 8.10. The molecular weight excluding hydrogens is 349 g/mol. The normalized spacial score (nSPS) is 11.4. The van der Waals surface area contributed by atoms with Gasteiger partial charge in [0.05, 0.1) is 13.2 Å². The van der Waals surface area contributed by atoms with Crippen LogP contribution in [0.25, 0.3) is 0 Å². The van der Waals surface area contributed by atoms with Gasteiger partial charge in [0.15, 0.2) is 11.6 Å². The molecule has 0 unspecified atom stereocenters. The zero-order valence-electron chi connectivity index (χ0n) is 15.6. The van der Waals surface area contributed by atoms with Crippen LogP contribution in [0.15, 0.2) is 42.5 Å². The molecule has 0 fully saturated rings. The van der Waals surface area contributed by atoms with E-state index in [2.05, 4.69) is 16.0 Å². The van der Waals surface area contributed by atoms with E-state index in [0.29, 0.717) is 24.1 Å². The number of ether oxygens (including phenoxy) is 1. The fourth-order valence-electron chi connectivity index (χ4n) is 2.59. The largest absolute Gasteiger partial charge is 0.494 e. The average molecular weight is 373 g/mol. The van der Waals surface area contributed by atoms with E-state index in [-0.39, 0.29) is 17.7 Å². The minimum atomic E-state index is -0.479. The van der Waals surface area contributed by atoms with Crippen LogP contribution in [0.4, 0.5) is 14.9 Å². The molecule has 2 aromatic carbocycles. The van der Waals surface area contributed by atoms with Gasteiger partial charge in [-0.2, -0.15) is 0 Å². The van der Waals surface area contributed by atoms with Crippen molar-refractivity contribution in [1.29, 1.82) is 0 Å². The van der Waals surface area contributed by atoms with E-state index in [1.54, 1.807) is 26.1 Å². The van der Waals surface area contributed by atoms with Gasteiger partial charge in [-0.05, 0) is 48.7 Å². The second kappa shape index (κ2) is 9.56. The van der Waals surface area contributed by atoms with E-state index in [0.717, 1.165) is 5.56 Å². The van der Waals surface area contributed by atoms with Crippen molar-refractivity contribution in [3.8, 4) is 5.75 Å². The van der Waals surface area contributed by atoms with Crippen molar-refractivity contribution in [3.05, 3.63) is 59.4 Å². The predicted molar refractivity (Wildman–Crippen MR) is 102 cm³/mol. The summed E-state index contributed by atoms with van der Waals surface area (Å²) in [6.07, 6.45) is 0.963. The van der Waals surface area contributed by atoms with Crippen LogP contribution >= 0.6 is 0 Å². The second-order valence-electron chi connectivity index (χ2n) is 6.09. The van der Waals surface area contributed by atoms with E-state index in [4.69, 9.17) is 4.74 Å². The number of hydrogen-bond acceptors (Lipinski definition) is 3. The third-order valence-electron chi connectivity index (χ3n) is 4.13. The summed E-state index contributed by atoms with van der Waals surface area (Å²) >= 11 is 0. The molecule has 2 rings (SSSR count). The first-order chi connectivity index (χ1) is 12.9. The zero-order valence-corrected chi connectivity index (χ0v) is 15.6. The Balaban J connectivity index is 1.95. The van der Waals surface area contributed by atoms with Crippen LogP contribution in [-0.2, 0) is 11.2 Å². The topological polar surface area (TPSA) is 79.5 Å². The lowest BCUT2D eigenvalue weighted by Crippen LogP contribution is -2.31. The smallest absolute Gasteiger partial charge is 0.319 e. The molecule has 3 amide bonds. The van der Waals surface area contributed by atoms with Crippen molar-refractivity contribution in [1.82, 2.24) is 10.6 Å². The van der Waals surface area contributed by atoms with E-state index < -0.39 is 11.8 Å². The van der Waals surface area contributed by atoms with E-state index in [9.17, 15) is 14.0 Å². The van der Waals surface area contributed by atoms with E-state index in [1.807, 2.05) is 18.2 Å². The third-order valence-corrected chi connectivity index (χ3v) is 4.13. The zero-order chi connectivity index (χ0) is 19.8. The molecule has 0 heterocycles. The molecular formula is C20H24FN3O3. The predicted octanol–water partition coefficient (Wildman–Crippen LogP) is 3.40. The molecule has 0 radical (unpaired) electrons. The van der Waals surface area contributed by atoms with Crippen LogP contribution < -0.4 is 20.7 Å². The lowest BCUT2D eigenvalue weighted by atomic mass is 10.1. The number of carbonyl (C=O) groups excluding carboxylic acids is 2. The van der Waals surface area contributed by atoms with Gasteiger partial charge in [-0.1, -0.05) is 18.2 Å². The minimum Gasteiger partial charge on any atom is -0.494 e. The SMILES string of the molecule is CNC(=O)CCc1cccc(NC(=O)N[C@@H](C)c2ccc(OC)c(F)c2)c1. The number of nitrogens with one attached hydrogen (secondary N) is 3. The average Bonchev–Trinajstić information content (AvgIpc) is 2.66. The highest BCUT2D eigenvalue weighted by molar-refractivity contribution is 5.89. The van der Waals surface area contributed by atoms with Crippen molar-refractivity contribution in [3.63, 3.8) is 0 Å². The molecule has 0 saturated carbocycles. The first-order valence-electron chi connectivity index (χ1n) is 8.63. The Morgan fingerprint density at radius 2 is 1.96 bits per heavy atom. The Hall–Kier alpha value is -3.09. The van der Waals surface area contributed by atoms with Crippen molar-refractivity contribution in [2.45, 2.75) is 25.8 Å². The number of aryl methyl sites for hydroxylation is 1. The van der Waals surface area contributed by atoms with E-state index in [1.165, 1.54) is 19.2 Å². The monoisotopic (exact) mass is 373 g/mol. The van der Waals surface area contributed by atoms with Gasteiger partial charge < -0.3 is 20.7 Å². The number of methoxy groups -OCH3 is 1. The van der Waals surface area contributed by atoms with Crippen molar-refractivity contribution >= 4 is 17.6 Å². The Bertz CT molecular complexity index is 811. The lowest BCUT2D eigenvalue weighted by Gasteiger charge is -2.16. The summed E-state index contributed by atoms with van der Waals surface area (Å²) in [6.45, 7) is 1.76. The molecule has 27 heavy (non-hydrogen) atoms. The lowest BCUT2D eigenvalue weighted by molar-refractivity contribution is -0.120. The highest BCUT2D eigenvalue weighted by Crippen LogP contribution is 2.22. The number of urea groups is 1. The van der Waals surface area contributed by atoms with Crippen molar-refractivity contribution < 1.29 is 18.7 Å². The van der Waals surface area contributed by atoms with Gasteiger partial charge in [0.1, 0.15) is 0 Å². The molecule has 0 aliphatic rings. The quantitative estimate of drug-likeness (QED) is 0.696. The highest BCUT2D eigenvalue weighted by Gasteiger charge is 2.12. The number of benzene rings is 2. The van der Waals surface area contributed by atoms with Crippen LogP contribution in [0.1, 0.15) is 30.5 Å². The van der Waals surface area contributed by atoms with Gasteiger partial charge in [-0.15, -0.1) is 0 Å². The molecule has 0 bridgehead atoms. The standard InChI is InChI=1S/C20H24FN3O3/c1-13(15-8-9-18(27-3)17(21)12-15)23-20(26)24-16-6-4-5-14(11-16)7-10-19(25)22-2/h4-6,8-9,11-13H,7,10H2,1-3H3,(H,22,25)(H2,23,24,26)/t13-/m0/s1. The second-order valence-corrected chi connectivity index (χ2v) is 6.09. The van der Waals surface area contributed by atoms with Crippen molar-refractivity contribution in [2.24, 2.45) is 0 Å². The molecule has 1 atom stereocenters. The summed E-state index contributed by atoms with van der Waals surface area (Å²) in [7, 11) is 3.00. The number of carbonyl (C=O) groups is 2. The van der Waals surface area contributed by atoms with Gasteiger partial charge in [-0.25, -0.2) is 9.18 Å². The van der Waals surface area contributed by atoms with Gasteiger partial charge in [-0.3, -0.25) is 4.79 Å². The number of halogens is 1. The highest BCUT2D eigenvalue weighted by atomic mass is 19.1. The third kappa shape index (κ3) is 5.99. The van der Waals surface area contributed by atoms with Crippen LogP contribution in [0, 0.1) is 5.82 Å². The van der Waals surface area contributed by atoms with Gasteiger partial charge in [0.2, 0.25) is 5.91 Å². The Morgan fingerprint density at radius 3 is 2.63 bits per heavy atom. The van der Waals surface area contributed by atoms with Crippen LogP contribution in [0.5, 0.6) is 5.75 Å². The maximum Gasteiger partial charge on any atom is 0.319 e. The van der Waals surface area contributed by atoms with Crippen LogP contribution in [0.2, 0.25) is 0 Å². The van der Waals surface area contributed by atoms with Crippen molar-refractivity contribution in [2.75, 3.05) is 19.5 Å². The Morgan fingerprint density at radius 1 is 1.19 bits per heavy atom. The number of rotatable bonds is 7. The fourth-order valence-corrected chi connectivity index (χ4v) is 2.59. The molecule has 3 N–H and O–H groups in total. The summed E-state index contributed by atoms with van der Waals surface area (Å²) in [6, 6.07) is 11.1. The summed E-state index contributed by atoms with van der Waals surface area (Å²) in [4.78, 5) is 23.6. The summed E-state index contributed by atoms with van der Waals surface area (Å²) < 4.78 is 18.7. The molecule has 6 nitrogen and oxygen atoms in total. The Kier molecular flexibility index (Phi) is 7.16. The van der Waals surface area contributed by atoms with Gasteiger partial charge in [0.25, 0.3) is 0 Å². The number of hydrogen-bond donors (Lipinski definition) is 3. The fraction of sp³-hybridized carbons (Fsp3) is 0.300. The maximum absolute atomic E-state index is 13.8. The van der Waals surface area contributed by atoms with Crippen LogP contribution in [0.3, 0.4) is 0 Å². The maximum atomic E-state index is 13.8. The van der Waals surface area contributed by atoms with Crippen LogP contribution in [-0.4, -0.2) is 26.1 Å². The van der Waals surface area contributed by atoms with Gasteiger partial charge in [0, 0.05) is 19.2 Å². The summed E-state index contributed by atoms with van der Waals surface area (Å²) in [5.41, 5.74) is 2.19. The van der Waals surface area contributed by atoms with E-state index >= 15 is 0 Å². The molecule has 7 heteroatoms. The first-order valence-corrected chi connectivity index (χ1v) is 8.63. The molecule has 144 valence electrons. The molecule has 0 spiro atoms.